The summed E-state index contributed by atoms with van der Waals surface area (Å²) in [6, 6.07) is 0. The molecule has 2 aliphatic rings. The first-order valence-corrected chi connectivity index (χ1v) is 5.60. The molecule has 0 fully saturated rings. The molecule has 0 saturated heterocycles. The van der Waals surface area contributed by atoms with Gasteiger partial charge in [0.25, 0.3) is 0 Å². The number of aliphatic imine (C=N–C) groups is 1. The molecule has 2 atom stereocenters. The van der Waals surface area contributed by atoms with E-state index in [9.17, 15) is 4.79 Å². The van der Waals surface area contributed by atoms with E-state index in [1.807, 2.05) is 25.5 Å². The molecule has 0 saturated carbocycles. The molecule has 0 aromatic heterocycles. The molecular weight excluding hydrogens is 200 g/mol. The van der Waals surface area contributed by atoms with Gasteiger partial charge in [-0.3, -0.25) is 9.79 Å². The second kappa shape index (κ2) is 3.58. The largest absolute Gasteiger partial charge is 0.322 e. The lowest BCUT2D eigenvalue weighted by Gasteiger charge is -2.38. The zero-order valence-corrected chi connectivity index (χ0v) is 10.3. The van der Waals surface area contributed by atoms with Crippen LogP contribution in [0, 0.1) is 17.3 Å². The Morgan fingerprint density at radius 3 is 2.62 bits per heavy atom. The minimum Gasteiger partial charge on any atom is -0.322 e. The summed E-state index contributed by atoms with van der Waals surface area (Å²) >= 11 is 0. The number of allylic oxidation sites excluding steroid dienone is 1. The number of carbonyl (C=O) groups is 1. The molecule has 86 valence electrons. The van der Waals surface area contributed by atoms with Gasteiger partial charge in [0.05, 0.1) is 5.92 Å². The van der Waals surface area contributed by atoms with Gasteiger partial charge in [-0.2, -0.15) is 0 Å². The van der Waals surface area contributed by atoms with Crippen molar-refractivity contribution in [3.05, 3.63) is 24.0 Å². The Bertz CT molecular complexity index is 399. The molecule has 3 heteroatoms. The molecule has 0 aliphatic carbocycles. The van der Waals surface area contributed by atoms with Gasteiger partial charge in [0.1, 0.15) is 0 Å². The summed E-state index contributed by atoms with van der Waals surface area (Å²) in [5.41, 5.74) is 1.34. The molecule has 2 rings (SSSR count). The lowest BCUT2D eigenvalue weighted by atomic mass is 9.72. The second-order valence-corrected chi connectivity index (χ2v) is 5.47. The summed E-state index contributed by atoms with van der Waals surface area (Å²) in [5.74, 6) is 0.218. The van der Waals surface area contributed by atoms with Crippen molar-refractivity contribution >= 4 is 12.1 Å². The first-order valence-electron chi connectivity index (χ1n) is 5.60. The molecule has 0 N–H and O–H groups in total. The van der Waals surface area contributed by atoms with Gasteiger partial charge >= 0.3 is 0 Å². The maximum atomic E-state index is 12.0. The molecule has 2 heterocycles. The maximum absolute atomic E-state index is 12.0. The molecule has 0 aromatic rings. The van der Waals surface area contributed by atoms with Crippen LogP contribution in [0.2, 0.25) is 0 Å². The van der Waals surface area contributed by atoms with Gasteiger partial charge in [-0.15, -0.1) is 0 Å². The highest BCUT2D eigenvalue weighted by Crippen LogP contribution is 2.39. The van der Waals surface area contributed by atoms with Crippen molar-refractivity contribution in [2.75, 3.05) is 7.05 Å². The summed E-state index contributed by atoms with van der Waals surface area (Å²) < 4.78 is 0. The molecule has 2 unspecified atom stereocenters. The number of fused-ring (bicyclic) bond motifs is 1. The Labute approximate surface area is 96.5 Å². The van der Waals surface area contributed by atoms with Gasteiger partial charge in [0, 0.05) is 31.6 Å². The van der Waals surface area contributed by atoms with Gasteiger partial charge in [-0.1, -0.05) is 26.8 Å². The van der Waals surface area contributed by atoms with Crippen LogP contribution in [0.5, 0.6) is 0 Å². The zero-order valence-electron chi connectivity index (χ0n) is 10.3. The van der Waals surface area contributed by atoms with Crippen LogP contribution in [0.1, 0.15) is 20.8 Å². The highest BCUT2D eigenvalue weighted by molar-refractivity contribution is 5.89. The number of amides is 1. The minimum atomic E-state index is -0.0678. The van der Waals surface area contributed by atoms with E-state index in [-0.39, 0.29) is 23.2 Å². The van der Waals surface area contributed by atoms with Crippen LogP contribution < -0.4 is 0 Å². The molecule has 0 radical (unpaired) electrons. The van der Waals surface area contributed by atoms with Crippen molar-refractivity contribution in [3.63, 3.8) is 0 Å². The van der Waals surface area contributed by atoms with Crippen molar-refractivity contribution in [3.8, 4) is 0 Å². The van der Waals surface area contributed by atoms with Crippen molar-refractivity contribution in [2.24, 2.45) is 22.2 Å². The monoisotopic (exact) mass is 218 g/mol. The number of carbonyl (C=O) groups excluding carboxylic acids is 1. The summed E-state index contributed by atoms with van der Waals surface area (Å²) in [4.78, 5) is 17.9. The predicted octanol–water partition coefficient (Wildman–Crippen LogP) is 2.22. The summed E-state index contributed by atoms with van der Waals surface area (Å²) in [7, 11) is 1.82. The maximum Gasteiger partial charge on any atom is 0.234 e. The van der Waals surface area contributed by atoms with Crippen molar-refractivity contribution < 1.29 is 4.79 Å². The fraction of sp³-hybridized carbons (Fsp3) is 0.538. The number of rotatable bonds is 0. The van der Waals surface area contributed by atoms with E-state index in [4.69, 9.17) is 0 Å². The summed E-state index contributed by atoms with van der Waals surface area (Å²) in [5, 5.41) is 0. The molecule has 2 aliphatic heterocycles. The highest BCUT2D eigenvalue weighted by atomic mass is 16.2. The molecule has 0 spiro atoms. The Balaban J connectivity index is 2.46. The van der Waals surface area contributed by atoms with Gasteiger partial charge in [0.2, 0.25) is 5.91 Å². The van der Waals surface area contributed by atoms with Crippen LogP contribution in [0.25, 0.3) is 0 Å². The first-order chi connectivity index (χ1) is 7.41. The van der Waals surface area contributed by atoms with E-state index in [1.165, 1.54) is 5.57 Å². The lowest BCUT2D eigenvalue weighted by Crippen LogP contribution is -2.42. The third kappa shape index (κ3) is 1.70. The Hall–Kier alpha value is -1.38. The summed E-state index contributed by atoms with van der Waals surface area (Å²) in [6.07, 6.45) is 7.49. The van der Waals surface area contributed by atoms with Crippen molar-refractivity contribution in [2.45, 2.75) is 20.8 Å². The van der Waals surface area contributed by atoms with E-state index in [1.54, 1.807) is 11.1 Å². The van der Waals surface area contributed by atoms with Crippen LogP contribution in [0.4, 0.5) is 0 Å². The molecule has 3 nitrogen and oxygen atoms in total. The second-order valence-electron chi connectivity index (χ2n) is 5.47. The van der Waals surface area contributed by atoms with Gasteiger partial charge in [-0.05, 0) is 11.0 Å². The Morgan fingerprint density at radius 2 is 2.00 bits per heavy atom. The third-order valence-corrected chi connectivity index (χ3v) is 3.20. The van der Waals surface area contributed by atoms with E-state index in [0.717, 1.165) is 0 Å². The van der Waals surface area contributed by atoms with E-state index in [0.29, 0.717) is 0 Å². The van der Waals surface area contributed by atoms with Crippen LogP contribution in [0.15, 0.2) is 29.0 Å². The molecule has 0 bridgehead atoms. The smallest absolute Gasteiger partial charge is 0.234 e. The van der Waals surface area contributed by atoms with Crippen LogP contribution in [-0.4, -0.2) is 24.1 Å². The average molecular weight is 218 g/mol. The van der Waals surface area contributed by atoms with E-state index >= 15 is 0 Å². The van der Waals surface area contributed by atoms with Crippen LogP contribution in [0.3, 0.4) is 0 Å². The van der Waals surface area contributed by atoms with Crippen molar-refractivity contribution in [1.29, 1.82) is 0 Å². The average Bonchev–Trinajstić information content (AvgIpc) is 2.22. The molecule has 16 heavy (non-hydrogen) atoms. The summed E-state index contributed by atoms with van der Waals surface area (Å²) in [6.45, 7) is 6.52. The topological polar surface area (TPSA) is 32.7 Å². The number of hydrogen-bond acceptors (Lipinski definition) is 2. The van der Waals surface area contributed by atoms with Crippen LogP contribution in [-0.2, 0) is 4.79 Å². The molecule has 1 amide bonds. The first kappa shape index (κ1) is 11.1. The minimum absolute atomic E-state index is 0.0646. The SMILES string of the molecule is CN1C=C(C(C)(C)C)C2C=NC=CC2C1=O. The number of hydrogen-bond donors (Lipinski definition) is 0. The standard InChI is InChI=1S/C13H18N2O/c1-13(2,3)11-8-15(4)12(16)9-5-6-14-7-10(9)11/h5-10H,1-4H3. The van der Waals surface area contributed by atoms with E-state index in [2.05, 4.69) is 25.8 Å². The molecular formula is C13H18N2O. The Morgan fingerprint density at radius 1 is 1.31 bits per heavy atom. The zero-order chi connectivity index (χ0) is 11.9. The Kier molecular flexibility index (Phi) is 2.49. The number of nitrogens with zero attached hydrogens (tertiary/aromatic N) is 2. The predicted molar refractivity (Wildman–Crippen MR) is 64.9 cm³/mol. The lowest BCUT2D eigenvalue weighted by molar-refractivity contribution is -0.131. The van der Waals surface area contributed by atoms with Gasteiger partial charge < -0.3 is 4.90 Å². The quantitative estimate of drug-likeness (QED) is 0.613. The van der Waals surface area contributed by atoms with E-state index < -0.39 is 0 Å². The normalized spacial score (nSPS) is 29.1. The highest BCUT2D eigenvalue weighted by Gasteiger charge is 2.39. The van der Waals surface area contributed by atoms with Gasteiger partial charge in [0.15, 0.2) is 0 Å². The fourth-order valence-corrected chi connectivity index (χ4v) is 2.29. The third-order valence-electron chi connectivity index (χ3n) is 3.20. The fourth-order valence-electron chi connectivity index (χ4n) is 2.29. The molecule has 0 aromatic carbocycles. The van der Waals surface area contributed by atoms with Gasteiger partial charge in [-0.25, -0.2) is 0 Å². The van der Waals surface area contributed by atoms with Crippen molar-refractivity contribution in [1.82, 2.24) is 4.90 Å². The van der Waals surface area contributed by atoms with Crippen LogP contribution >= 0.6 is 0 Å².